The fourth-order valence-corrected chi connectivity index (χ4v) is 5.29. The van der Waals surface area contributed by atoms with Gasteiger partial charge in [-0.3, -0.25) is 4.79 Å². The highest BCUT2D eigenvalue weighted by molar-refractivity contribution is 7.89. The fourth-order valence-electron chi connectivity index (χ4n) is 3.82. The number of rotatable bonds is 3. The average Bonchev–Trinajstić information content (AvgIpc) is 2.61. The molecule has 1 aromatic rings. The lowest BCUT2D eigenvalue weighted by Gasteiger charge is -2.39. The van der Waals surface area contributed by atoms with Gasteiger partial charge in [-0.2, -0.15) is 4.31 Å². The number of benzene rings is 1. The van der Waals surface area contributed by atoms with Gasteiger partial charge in [0.2, 0.25) is 15.9 Å². The highest BCUT2D eigenvalue weighted by atomic mass is 32.2. The molecule has 0 bridgehead atoms. The third kappa shape index (κ3) is 4.10. The van der Waals surface area contributed by atoms with E-state index in [1.54, 1.807) is 12.1 Å². The molecule has 0 spiro atoms. The van der Waals surface area contributed by atoms with Gasteiger partial charge in [0, 0.05) is 32.1 Å². The maximum atomic E-state index is 12.8. The largest absolute Gasteiger partial charge is 0.372 e. The standard InChI is InChI=1S/C19H28N2O4S/c1-14-4-6-18(7-5-14)26(23,24)21-10-8-17(9-11-21)19(22)20-12-15(2)25-16(3)13-20/h4-7,15-17H,8-13H2,1-3H3/t15-,16+. The molecule has 6 nitrogen and oxygen atoms in total. The smallest absolute Gasteiger partial charge is 0.243 e. The number of morpholine rings is 1. The van der Waals surface area contributed by atoms with E-state index in [1.165, 1.54) is 4.31 Å². The molecule has 26 heavy (non-hydrogen) atoms. The molecule has 0 N–H and O–H groups in total. The van der Waals surface area contributed by atoms with Crippen LogP contribution in [0.15, 0.2) is 29.2 Å². The lowest BCUT2D eigenvalue weighted by Crippen LogP contribution is -2.51. The first-order valence-corrected chi connectivity index (χ1v) is 10.7. The van der Waals surface area contributed by atoms with Gasteiger partial charge in [-0.05, 0) is 45.7 Å². The Kier molecular flexibility index (Phi) is 5.69. The number of nitrogens with zero attached hydrogens (tertiary/aromatic N) is 2. The van der Waals surface area contributed by atoms with Crippen molar-refractivity contribution in [3.05, 3.63) is 29.8 Å². The van der Waals surface area contributed by atoms with Gasteiger partial charge in [0.15, 0.2) is 0 Å². The number of ether oxygens (including phenoxy) is 1. The van der Waals surface area contributed by atoms with E-state index >= 15 is 0 Å². The van der Waals surface area contributed by atoms with Gasteiger partial charge >= 0.3 is 0 Å². The first-order chi connectivity index (χ1) is 12.3. The third-order valence-electron chi connectivity index (χ3n) is 5.19. The predicted octanol–water partition coefficient (Wildman–Crippen LogP) is 2.03. The van der Waals surface area contributed by atoms with Crippen molar-refractivity contribution in [2.75, 3.05) is 26.2 Å². The summed E-state index contributed by atoms with van der Waals surface area (Å²) < 4.78 is 32.8. The van der Waals surface area contributed by atoms with Crippen molar-refractivity contribution in [1.29, 1.82) is 0 Å². The second kappa shape index (κ2) is 7.66. The Hall–Kier alpha value is -1.44. The molecule has 2 aliphatic rings. The van der Waals surface area contributed by atoms with Crippen LogP contribution in [0.4, 0.5) is 0 Å². The van der Waals surface area contributed by atoms with Gasteiger partial charge in [0.1, 0.15) is 0 Å². The maximum absolute atomic E-state index is 12.8. The van der Waals surface area contributed by atoms with E-state index in [-0.39, 0.29) is 24.0 Å². The van der Waals surface area contributed by atoms with Crippen LogP contribution in [0.5, 0.6) is 0 Å². The molecule has 2 saturated heterocycles. The van der Waals surface area contributed by atoms with Crippen LogP contribution in [0.3, 0.4) is 0 Å². The van der Waals surface area contributed by atoms with Gasteiger partial charge < -0.3 is 9.64 Å². The van der Waals surface area contributed by atoms with Gasteiger partial charge in [-0.1, -0.05) is 17.7 Å². The summed E-state index contributed by atoms with van der Waals surface area (Å²) in [5.74, 6) is 0.0383. The summed E-state index contributed by atoms with van der Waals surface area (Å²) >= 11 is 0. The lowest BCUT2D eigenvalue weighted by atomic mass is 9.96. The number of carbonyl (C=O) groups excluding carboxylic acids is 1. The fraction of sp³-hybridized carbons (Fsp3) is 0.632. The van der Waals surface area contributed by atoms with Crippen LogP contribution in [0, 0.1) is 12.8 Å². The monoisotopic (exact) mass is 380 g/mol. The quantitative estimate of drug-likeness (QED) is 0.805. The Labute approximate surface area is 156 Å². The van der Waals surface area contributed by atoms with E-state index in [2.05, 4.69) is 0 Å². The van der Waals surface area contributed by atoms with Gasteiger partial charge in [0.25, 0.3) is 0 Å². The van der Waals surface area contributed by atoms with Crippen LogP contribution in [-0.2, 0) is 19.6 Å². The number of hydrogen-bond donors (Lipinski definition) is 0. The van der Waals surface area contributed by atoms with Gasteiger partial charge in [-0.15, -0.1) is 0 Å². The van der Waals surface area contributed by atoms with Crippen LogP contribution < -0.4 is 0 Å². The molecule has 0 radical (unpaired) electrons. The number of carbonyl (C=O) groups is 1. The van der Waals surface area contributed by atoms with E-state index in [9.17, 15) is 13.2 Å². The number of aryl methyl sites for hydroxylation is 1. The molecule has 0 aromatic heterocycles. The topological polar surface area (TPSA) is 66.9 Å². The Morgan fingerprint density at radius 2 is 1.58 bits per heavy atom. The number of piperidine rings is 1. The molecule has 7 heteroatoms. The molecule has 144 valence electrons. The average molecular weight is 381 g/mol. The summed E-state index contributed by atoms with van der Waals surface area (Å²) in [7, 11) is -3.48. The zero-order chi connectivity index (χ0) is 18.9. The molecule has 0 saturated carbocycles. The molecular formula is C19H28N2O4S. The summed E-state index contributed by atoms with van der Waals surface area (Å²) in [5.41, 5.74) is 1.03. The summed E-state index contributed by atoms with van der Waals surface area (Å²) in [6, 6.07) is 6.92. The molecular weight excluding hydrogens is 352 g/mol. The minimum atomic E-state index is -3.48. The van der Waals surface area contributed by atoms with E-state index in [0.29, 0.717) is 43.9 Å². The molecule has 0 aliphatic carbocycles. The first-order valence-electron chi connectivity index (χ1n) is 9.28. The Morgan fingerprint density at radius 3 is 2.12 bits per heavy atom. The van der Waals surface area contributed by atoms with Crippen molar-refractivity contribution in [2.24, 2.45) is 5.92 Å². The van der Waals surface area contributed by atoms with Crippen molar-refractivity contribution < 1.29 is 17.9 Å². The predicted molar refractivity (Wildman–Crippen MR) is 99.3 cm³/mol. The molecule has 2 heterocycles. The van der Waals surface area contributed by atoms with Crippen LogP contribution in [0.25, 0.3) is 0 Å². The number of sulfonamides is 1. The lowest BCUT2D eigenvalue weighted by molar-refractivity contribution is -0.148. The minimum absolute atomic E-state index is 0.0460. The first kappa shape index (κ1) is 19.3. The van der Waals surface area contributed by atoms with Crippen molar-refractivity contribution in [3.63, 3.8) is 0 Å². The Bertz CT molecular complexity index is 729. The minimum Gasteiger partial charge on any atom is -0.372 e. The zero-order valence-corrected chi connectivity index (χ0v) is 16.5. The van der Waals surface area contributed by atoms with E-state index in [4.69, 9.17) is 4.74 Å². The summed E-state index contributed by atoms with van der Waals surface area (Å²) in [4.78, 5) is 15.0. The zero-order valence-electron chi connectivity index (χ0n) is 15.7. The molecule has 2 aliphatic heterocycles. The molecule has 2 atom stereocenters. The Balaban J connectivity index is 1.62. The van der Waals surface area contributed by atoms with Crippen LogP contribution >= 0.6 is 0 Å². The molecule has 0 unspecified atom stereocenters. The van der Waals surface area contributed by atoms with Crippen molar-refractivity contribution in [3.8, 4) is 0 Å². The highest BCUT2D eigenvalue weighted by Crippen LogP contribution is 2.26. The van der Waals surface area contributed by atoms with E-state index in [1.807, 2.05) is 37.8 Å². The number of amides is 1. The summed E-state index contributed by atoms with van der Waals surface area (Å²) in [5, 5.41) is 0. The van der Waals surface area contributed by atoms with E-state index in [0.717, 1.165) is 5.56 Å². The van der Waals surface area contributed by atoms with Crippen LogP contribution in [0.2, 0.25) is 0 Å². The van der Waals surface area contributed by atoms with E-state index < -0.39 is 10.0 Å². The van der Waals surface area contributed by atoms with Gasteiger partial charge in [-0.25, -0.2) is 8.42 Å². The van der Waals surface area contributed by atoms with Gasteiger partial charge in [0.05, 0.1) is 17.1 Å². The van der Waals surface area contributed by atoms with Crippen molar-refractivity contribution in [1.82, 2.24) is 9.21 Å². The van der Waals surface area contributed by atoms with Crippen molar-refractivity contribution >= 4 is 15.9 Å². The molecule has 3 rings (SSSR count). The highest BCUT2D eigenvalue weighted by Gasteiger charge is 2.35. The van der Waals surface area contributed by atoms with Crippen molar-refractivity contribution in [2.45, 2.75) is 50.7 Å². The SMILES string of the molecule is Cc1ccc(S(=O)(=O)N2CCC(C(=O)N3C[C@@H](C)O[C@@H](C)C3)CC2)cc1. The molecule has 1 amide bonds. The molecule has 1 aromatic carbocycles. The second-order valence-electron chi connectivity index (χ2n) is 7.49. The maximum Gasteiger partial charge on any atom is 0.243 e. The normalized spacial score (nSPS) is 26.0. The summed E-state index contributed by atoms with van der Waals surface area (Å²) in [6.07, 6.45) is 1.24. The Morgan fingerprint density at radius 1 is 1.04 bits per heavy atom. The van der Waals surface area contributed by atoms with Crippen LogP contribution in [0.1, 0.15) is 32.3 Å². The summed E-state index contributed by atoms with van der Waals surface area (Å²) in [6.45, 7) is 7.90. The second-order valence-corrected chi connectivity index (χ2v) is 9.43. The molecule has 2 fully saturated rings. The third-order valence-corrected chi connectivity index (χ3v) is 7.11. The van der Waals surface area contributed by atoms with Crippen LogP contribution in [-0.4, -0.2) is 61.9 Å². The number of hydrogen-bond acceptors (Lipinski definition) is 4.